The fourth-order valence-electron chi connectivity index (χ4n) is 5.95. The third-order valence-electron chi connectivity index (χ3n) is 7.52. The summed E-state index contributed by atoms with van der Waals surface area (Å²) in [7, 11) is 0. The molecule has 0 N–H and O–H groups in total. The molecule has 2 aromatic carbocycles. The summed E-state index contributed by atoms with van der Waals surface area (Å²) in [5, 5.41) is 0. The van der Waals surface area contributed by atoms with E-state index in [-0.39, 0.29) is 25.3 Å². The van der Waals surface area contributed by atoms with Gasteiger partial charge in [0.1, 0.15) is 5.82 Å². The van der Waals surface area contributed by atoms with Crippen molar-refractivity contribution in [3.8, 4) is 0 Å². The topological polar surface area (TPSA) is 64.2 Å². The van der Waals surface area contributed by atoms with Crippen molar-refractivity contribution in [1.82, 2.24) is 9.80 Å². The Morgan fingerprint density at radius 1 is 0.857 bits per heavy atom. The number of carbonyl (C=O) groups excluding carboxylic acids is 3. The van der Waals surface area contributed by atoms with Gasteiger partial charge in [-0.3, -0.25) is 19.4 Å². The maximum atomic E-state index is 14.8. The van der Waals surface area contributed by atoms with E-state index in [0.29, 0.717) is 38.2 Å². The molecule has 0 unspecified atom stereocenters. The molecule has 3 heterocycles. The molecular weight excluding hydrogens is 447 g/mol. The van der Waals surface area contributed by atoms with Crippen LogP contribution in [0.4, 0.5) is 20.6 Å². The number of benzene rings is 2. The van der Waals surface area contributed by atoms with Crippen LogP contribution in [0.25, 0.3) is 0 Å². The maximum absolute atomic E-state index is 14.8. The van der Waals surface area contributed by atoms with Gasteiger partial charge >= 0.3 is 6.03 Å². The van der Waals surface area contributed by atoms with Gasteiger partial charge in [0, 0.05) is 38.4 Å². The molecule has 0 aromatic heterocycles. The van der Waals surface area contributed by atoms with E-state index >= 15 is 0 Å². The molecule has 1 atom stereocenters. The van der Waals surface area contributed by atoms with Crippen molar-refractivity contribution in [1.29, 1.82) is 0 Å². The fraction of sp³-hybridized carbons (Fsp3) is 0.444. The standard InChI is InChI=1S/C27H31FN4O3/c1-3-13-31-24(33)27(25(34)32(14-4-2)26(31)35)17-19-9-5-7-11-21(19)30-16-15-29(18-23(27)30)22-12-8-6-10-20(22)28/h5-12,23H,3-4,13-18H2,1-2H3/t23-/m1/s1. The highest BCUT2D eigenvalue weighted by Gasteiger charge is 2.64. The molecule has 7 nitrogen and oxygen atoms in total. The Morgan fingerprint density at radius 3 is 2.09 bits per heavy atom. The van der Waals surface area contributed by atoms with Gasteiger partial charge in [0.15, 0.2) is 5.41 Å². The molecule has 5 rings (SSSR count). The molecule has 3 aliphatic rings. The molecule has 1 spiro atoms. The molecule has 4 amide bonds. The highest BCUT2D eigenvalue weighted by Crippen LogP contribution is 2.47. The first-order valence-electron chi connectivity index (χ1n) is 12.5. The van der Waals surface area contributed by atoms with E-state index in [2.05, 4.69) is 4.90 Å². The van der Waals surface area contributed by atoms with Gasteiger partial charge in [-0.2, -0.15) is 0 Å². The predicted molar refractivity (Wildman–Crippen MR) is 132 cm³/mol. The number of anilines is 2. The number of nitrogens with zero attached hydrogens (tertiary/aromatic N) is 4. The summed E-state index contributed by atoms with van der Waals surface area (Å²) in [5.41, 5.74) is 0.935. The second kappa shape index (κ2) is 8.98. The van der Waals surface area contributed by atoms with Gasteiger partial charge in [-0.1, -0.05) is 44.2 Å². The minimum atomic E-state index is -1.45. The number of fused-ring (bicyclic) bond motifs is 4. The lowest BCUT2D eigenvalue weighted by Crippen LogP contribution is -2.75. The lowest BCUT2D eigenvalue weighted by atomic mass is 9.67. The van der Waals surface area contributed by atoms with Crippen molar-refractivity contribution in [3.05, 3.63) is 59.9 Å². The van der Waals surface area contributed by atoms with Crippen LogP contribution in [0.1, 0.15) is 32.3 Å². The summed E-state index contributed by atoms with van der Waals surface area (Å²) in [4.78, 5) is 48.2. The average Bonchev–Trinajstić information content (AvgIpc) is 2.88. The second-order valence-corrected chi connectivity index (χ2v) is 9.58. The number of para-hydroxylation sites is 2. The van der Waals surface area contributed by atoms with Gasteiger partial charge in [-0.25, -0.2) is 9.18 Å². The number of hydrogen-bond acceptors (Lipinski definition) is 5. The second-order valence-electron chi connectivity index (χ2n) is 9.58. The number of urea groups is 1. The van der Waals surface area contributed by atoms with E-state index in [1.807, 2.05) is 43.0 Å². The zero-order valence-corrected chi connectivity index (χ0v) is 20.2. The molecule has 0 radical (unpaired) electrons. The van der Waals surface area contributed by atoms with Gasteiger partial charge in [-0.05, 0) is 43.0 Å². The van der Waals surface area contributed by atoms with Crippen LogP contribution < -0.4 is 9.80 Å². The predicted octanol–water partition coefficient (Wildman–Crippen LogP) is 3.67. The molecule has 2 aromatic rings. The van der Waals surface area contributed by atoms with Crippen molar-refractivity contribution >= 4 is 29.2 Å². The van der Waals surface area contributed by atoms with Crippen LogP contribution in [0, 0.1) is 11.2 Å². The van der Waals surface area contributed by atoms with E-state index in [9.17, 15) is 18.8 Å². The van der Waals surface area contributed by atoms with Crippen LogP contribution in [0.2, 0.25) is 0 Å². The van der Waals surface area contributed by atoms with Crippen molar-refractivity contribution in [2.45, 2.75) is 39.2 Å². The molecule has 184 valence electrons. The number of amides is 4. The Bertz CT molecular complexity index is 1140. The number of imide groups is 2. The number of halogens is 1. The van der Waals surface area contributed by atoms with E-state index in [1.54, 1.807) is 18.2 Å². The average molecular weight is 479 g/mol. The molecule has 8 heteroatoms. The zero-order valence-electron chi connectivity index (χ0n) is 20.2. The van der Waals surface area contributed by atoms with Crippen molar-refractivity contribution < 1.29 is 18.8 Å². The third-order valence-corrected chi connectivity index (χ3v) is 7.52. The Morgan fingerprint density at radius 2 is 1.46 bits per heavy atom. The summed E-state index contributed by atoms with van der Waals surface area (Å²) in [6.07, 6.45) is 1.43. The summed E-state index contributed by atoms with van der Waals surface area (Å²) in [5.74, 6) is -1.19. The van der Waals surface area contributed by atoms with Crippen LogP contribution in [-0.2, 0) is 16.0 Å². The number of hydrogen-bond donors (Lipinski definition) is 0. The SMILES string of the molecule is CCCN1C(=O)N(CCC)C(=O)C2(Cc3ccccc3N3CCN(c4ccccc4F)C[C@@H]32)C1=O. The number of carbonyl (C=O) groups is 3. The molecule has 0 saturated carbocycles. The molecular formula is C27H31FN4O3. The van der Waals surface area contributed by atoms with E-state index in [4.69, 9.17) is 0 Å². The van der Waals surface area contributed by atoms with Crippen molar-refractivity contribution in [3.63, 3.8) is 0 Å². The van der Waals surface area contributed by atoms with E-state index in [1.165, 1.54) is 15.9 Å². The Kier molecular flexibility index (Phi) is 5.99. The molecule has 0 aliphatic carbocycles. The highest BCUT2D eigenvalue weighted by molar-refractivity contribution is 6.20. The summed E-state index contributed by atoms with van der Waals surface area (Å²) >= 11 is 0. The first-order valence-corrected chi connectivity index (χ1v) is 12.5. The number of rotatable bonds is 5. The van der Waals surface area contributed by atoms with Gasteiger partial charge < -0.3 is 9.80 Å². The monoisotopic (exact) mass is 478 g/mol. The largest absolute Gasteiger partial charge is 0.365 e. The highest BCUT2D eigenvalue weighted by atomic mass is 19.1. The molecule has 2 saturated heterocycles. The zero-order chi connectivity index (χ0) is 24.7. The molecule has 35 heavy (non-hydrogen) atoms. The number of piperazine rings is 1. The lowest BCUT2D eigenvalue weighted by Gasteiger charge is -2.57. The van der Waals surface area contributed by atoms with Crippen molar-refractivity contribution in [2.24, 2.45) is 5.41 Å². The van der Waals surface area contributed by atoms with Crippen LogP contribution >= 0.6 is 0 Å². The third kappa shape index (κ3) is 3.49. The van der Waals surface area contributed by atoms with Crippen molar-refractivity contribution in [2.75, 3.05) is 42.5 Å². The normalized spacial score (nSPS) is 21.5. The maximum Gasteiger partial charge on any atom is 0.333 e. The lowest BCUT2D eigenvalue weighted by molar-refractivity contribution is -0.161. The Hall–Kier alpha value is -3.42. The van der Waals surface area contributed by atoms with E-state index < -0.39 is 29.3 Å². The van der Waals surface area contributed by atoms with Crippen LogP contribution in [0.5, 0.6) is 0 Å². The Balaban J connectivity index is 1.66. The van der Waals surface area contributed by atoms with Gasteiger partial charge in [0.25, 0.3) is 0 Å². The molecule has 3 aliphatic heterocycles. The summed E-state index contributed by atoms with van der Waals surface area (Å²) in [6, 6.07) is 13.4. The molecule has 2 fully saturated rings. The minimum Gasteiger partial charge on any atom is -0.365 e. The van der Waals surface area contributed by atoms with Gasteiger partial charge in [0.2, 0.25) is 11.8 Å². The summed E-state index contributed by atoms with van der Waals surface area (Å²) < 4.78 is 14.8. The van der Waals surface area contributed by atoms with Crippen LogP contribution in [0.3, 0.4) is 0 Å². The molecule has 0 bridgehead atoms. The Labute approximate surface area is 205 Å². The van der Waals surface area contributed by atoms with Gasteiger partial charge in [0.05, 0.1) is 11.7 Å². The van der Waals surface area contributed by atoms with E-state index in [0.717, 1.165) is 11.3 Å². The fourth-order valence-corrected chi connectivity index (χ4v) is 5.95. The first kappa shape index (κ1) is 23.3. The van der Waals surface area contributed by atoms with Gasteiger partial charge in [-0.15, -0.1) is 0 Å². The minimum absolute atomic E-state index is 0.223. The van der Waals surface area contributed by atoms with Crippen LogP contribution in [0.15, 0.2) is 48.5 Å². The summed E-state index contributed by atoms with van der Waals surface area (Å²) in [6.45, 7) is 5.75. The van der Waals surface area contributed by atoms with Crippen LogP contribution in [-0.4, -0.2) is 66.4 Å². The smallest absolute Gasteiger partial charge is 0.333 e. The number of barbiturate groups is 1. The quantitative estimate of drug-likeness (QED) is 0.614. The first-order chi connectivity index (χ1) is 16.9.